The maximum Gasteiger partial charge on any atom is 0.254 e. The Bertz CT molecular complexity index is 1000. The van der Waals surface area contributed by atoms with Gasteiger partial charge in [0.05, 0.1) is 12.0 Å². The van der Waals surface area contributed by atoms with Gasteiger partial charge in [0.1, 0.15) is 5.01 Å². The van der Waals surface area contributed by atoms with Crippen LogP contribution in [0.4, 0.5) is 5.13 Å². The number of nitrogens with zero attached hydrogens (tertiary/aromatic N) is 3. The highest BCUT2D eigenvalue weighted by Crippen LogP contribution is 2.42. The molecule has 3 aromatic rings. The molecule has 27 heavy (non-hydrogen) atoms. The van der Waals surface area contributed by atoms with Gasteiger partial charge >= 0.3 is 0 Å². The summed E-state index contributed by atoms with van der Waals surface area (Å²) in [4.78, 5) is 27.8. The molecule has 0 unspecified atom stereocenters. The molecule has 136 valence electrons. The van der Waals surface area contributed by atoms with Crippen molar-refractivity contribution >= 4 is 28.3 Å². The Balaban J connectivity index is 1.81. The highest BCUT2D eigenvalue weighted by molar-refractivity contribution is 7.15. The Morgan fingerprint density at radius 1 is 1.07 bits per heavy atom. The lowest BCUT2D eigenvalue weighted by molar-refractivity contribution is -0.119. The molecule has 0 aliphatic carbocycles. The molecule has 0 spiro atoms. The number of aromatic nitrogens is 2. The average molecular weight is 378 g/mol. The van der Waals surface area contributed by atoms with Gasteiger partial charge in [0.15, 0.2) is 0 Å². The molecule has 2 heterocycles. The highest BCUT2D eigenvalue weighted by atomic mass is 32.1. The maximum atomic E-state index is 13.3. The van der Waals surface area contributed by atoms with Crippen LogP contribution >= 0.6 is 11.3 Å². The van der Waals surface area contributed by atoms with Crippen molar-refractivity contribution < 1.29 is 9.59 Å². The van der Waals surface area contributed by atoms with Crippen molar-refractivity contribution in [2.45, 2.75) is 18.9 Å². The van der Waals surface area contributed by atoms with Crippen LogP contribution in [0, 0.1) is 6.92 Å². The number of nitrogens with one attached hydrogen (secondary N) is 1. The van der Waals surface area contributed by atoms with E-state index in [9.17, 15) is 9.59 Å². The highest BCUT2D eigenvalue weighted by Gasteiger charge is 2.42. The molecular weight excluding hydrogens is 360 g/mol. The number of hydrogen-bond donors (Lipinski definition) is 1. The molecule has 1 aliphatic rings. The van der Waals surface area contributed by atoms with Crippen molar-refractivity contribution in [1.29, 1.82) is 0 Å². The zero-order valence-corrected chi connectivity index (χ0v) is 15.7. The lowest BCUT2D eigenvalue weighted by Crippen LogP contribution is -2.44. The van der Waals surface area contributed by atoms with E-state index in [1.165, 1.54) is 11.3 Å². The van der Waals surface area contributed by atoms with Crippen molar-refractivity contribution in [3.8, 4) is 0 Å². The van der Waals surface area contributed by atoms with E-state index in [1.807, 2.05) is 55.5 Å². The van der Waals surface area contributed by atoms with Crippen molar-refractivity contribution in [2.24, 2.45) is 0 Å². The minimum atomic E-state index is -0.546. The number of carbonyl (C=O) groups excluding carboxylic acids is 2. The molecule has 0 fully saturated rings. The van der Waals surface area contributed by atoms with Gasteiger partial charge in [-0.2, -0.15) is 0 Å². The van der Waals surface area contributed by atoms with E-state index in [2.05, 4.69) is 15.5 Å². The first-order valence-electron chi connectivity index (χ1n) is 8.58. The summed E-state index contributed by atoms with van der Waals surface area (Å²) in [5.41, 5.74) is 2.20. The van der Waals surface area contributed by atoms with Crippen LogP contribution in [0.1, 0.15) is 38.5 Å². The molecule has 0 saturated heterocycles. The molecule has 2 aromatic carbocycles. The second-order valence-corrected chi connectivity index (χ2v) is 7.63. The van der Waals surface area contributed by atoms with Crippen molar-refractivity contribution in [1.82, 2.24) is 15.1 Å². The van der Waals surface area contributed by atoms with E-state index in [0.29, 0.717) is 10.7 Å². The van der Waals surface area contributed by atoms with Gasteiger partial charge in [-0.25, -0.2) is 0 Å². The Morgan fingerprint density at radius 3 is 2.48 bits per heavy atom. The van der Waals surface area contributed by atoms with Crippen LogP contribution in [0.25, 0.3) is 0 Å². The normalized spacial score (nSPS) is 18.9. The fourth-order valence-electron chi connectivity index (χ4n) is 3.55. The predicted molar refractivity (Wildman–Crippen MR) is 104 cm³/mol. The average Bonchev–Trinajstić information content (AvgIpc) is 3.09. The molecule has 7 heteroatoms. The summed E-state index contributed by atoms with van der Waals surface area (Å²) in [6.45, 7) is 1.84. The number of likely N-dealkylation sites (N-methyl/N-ethyl adjacent to an activating group) is 1. The minimum absolute atomic E-state index is 0.0877. The summed E-state index contributed by atoms with van der Waals surface area (Å²) in [6.07, 6.45) is 0. The van der Waals surface area contributed by atoms with Gasteiger partial charge < -0.3 is 4.90 Å². The zero-order valence-electron chi connectivity index (χ0n) is 14.9. The fraction of sp³-hybridized carbons (Fsp3) is 0.200. The van der Waals surface area contributed by atoms with Gasteiger partial charge in [-0.15, -0.1) is 10.2 Å². The summed E-state index contributed by atoms with van der Waals surface area (Å²) < 4.78 is 0. The SMILES string of the molecule is Cc1nnc(NC(=O)[C@@H]2c3ccccc3C(=O)N(C)[C@@H]2c2ccccc2)s1. The van der Waals surface area contributed by atoms with E-state index in [0.717, 1.165) is 16.1 Å². The third-order valence-electron chi connectivity index (χ3n) is 4.76. The van der Waals surface area contributed by atoms with Gasteiger partial charge in [0.2, 0.25) is 11.0 Å². The topological polar surface area (TPSA) is 75.2 Å². The number of carbonyl (C=O) groups is 2. The van der Waals surface area contributed by atoms with Crippen LogP contribution in [0.2, 0.25) is 0 Å². The van der Waals surface area contributed by atoms with Crippen LogP contribution in [0.5, 0.6) is 0 Å². The van der Waals surface area contributed by atoms with Gasteiger partial charge in [0.25, 0.3) is 5.91 Å². The molecule has 4 rings (SSSR count). The fourth-order valence-corrected chi connectivity index (χ4v) is 4.15. The second kappa shape index (κ2) is 6.92. The largest absolute Gasteiger partial charge is 0.334 e. The lowest BCUT2D eigenvalue weighted by Gasteiger charge is -2.39. The van der Waals surface area contributed by atoms with Crippen molar-refractivity contribution in [3.63, 3.8) is 0 Å². The number of hydrogen-bond acceptors (Lipinski definition) is 5. The van der Waals surface area contributed by atoms with Crippen molar-refractivity contribution in [3.05, 3.63) is 76.3 Å². The number of rotatable bonds is 3. The Hall–Kier alpha value is -3.06. The summed E-state index contributed by atoms with van der Waals surface area (Å²) in [6, 6.07) is 16.5. The van der Waals surface area contributed by atoms with Crippen LogP contribution in [-0.4, -0.2) is 34.0 Å². The maximum absolute atomic E-state index is 13.3. The molecule has 1 N–H and O–H groups in total. The quantitative estimate of drug-likeness (QED) is 0.758. The summed E-state index contributed by atoms with van der Waals surface area (Å²) in [7, 11) is 1.74. The number of benzene rings is 2. The van der Waals surface area contributed by atoms with Crippen LogP contribution in [-0.2, 0) is 4.79 Å². The first-order valence-corrected chi connectivity index (χ1v) is 9.40. The van der Waals surface area contributed by atoms with E-state index in [1.54, 1.807) is 18.0 Å². The number of fused-ring (bicyclic) bond motifs is 1. The molecule has 2 atom stereocenters. The molecule has 1 aromatic heterocycles. The van der Waals surface area contributed by atoms with Crippen LogP contribution in [0.15, 0.2) is 54.6 Å². The van der Waals surface area contributed by atoms with Crippen LogP contribution < -0.4 is 5.32 Å². The first-order chi connectivity index (χ1) is 13.1. The third-order valence-corrected chi connectivity index (χ3v) is 5.51. The molecule has 0 radical (unpaired) electrons. The Morgan fingerprint density at radius 2 is 1.78 bits per heavy atom. The molecule has 1 aliphatic heterocycles. The zero-order chi connectivity index (χ0) is 19.0. The standard InChI is InChI=1S/C20H18N4O2S/c1-12-22-23-20(27-12)21-18(25)16-14-10-6-7-11-15(14)19(26)24(2)17(16)13-8-4-3-5-9-13/h3-11,16-17H,1-2H3,(H,21,23,25)/t16-,17-/m1/s1. The predicted octanol–water partition coefficient (Wildman–Crippen LogP) is 3.40. The summed E-state index contributed by atoms with van der Waals surface area (Å²) in [5, 5.41) is 12.1. The van der Waals surface area contributed by atoms with Gasteiger partial charge in [0, 0.05) is 12.6 Å². The minimum Gasteiger partial charge on any atom is -0.334 e. The van der Waals surface area contributed by atoms with E-state index in [4.69, 9.17) is 0 Å². The number of anilines is 1. The molecule has 6 nitrogen and oxygen atoms in total. The Labute approximate surface area is 160 Å². The van der Waals surface area contributed by atoms with Gasteiger partial charge in [-0.05, 0) is 24.1 Å². The Kier molecular flexibility index (Phi) is 4.45. The molecule has 0 saturated carbocycles. The van der Waals surface area contributed by atoms with E-state index < -0.39 is 12.0 Å². The molecule has 2 amide bonds. The number of amides is 2. The first kappa shape index (κ1) is 17.4. The third kappa shape index (κ3) is 3.10. The van der Waals surface area contributed by atoms with E-state index in [-0.39, 0.29) is 11.8 Å². The molecular formula is C20H18N4O2S. The smallest absolute Gasteiger partial charge is 0.254 e. The van der Waals surface area contributed by atoms with Gasteiger partial charge in [-0.1, -0.05) is 59.9 Å². The summed E-state index contributed by atoms with van der Waals surface area (Å²) in [5.74, 6) is -0.836. The monoisotopic (exact) mass is 378 g/mol. The van der Waals surface area contributed by atoms with E-state index >= 15 is 0 Å². The molecule has 0 bridgehead atoms. The van der Waals surface area contributed by atoms with Gasteiger partial charge in [-0.3, -0.25) is 14.9 Å². The van der Waals surface area contributed by atoms with Crippen LogP contribution in [0.3, 0.4) is 0 Å². The second-order valence-electron chi connectivity index (χ2n) is 6.45. The summed E-state index contributed by atoms with van der Waals surface area (Å²) >= 11 is 1.33. The van der Waals surface area contributed by atoms with Crippen molar-refractivity contribution in [2.75, 3.05) is 12.4 Å². The number of aryl methyl sites for hydroxylation is 1. The lowest BCUT2D eigenvalue weighted by atomic mass is 9.79.